The average molecular weight is 323 g/mol. The third-order valence-electron chi connectivity index (χ3n) is 3.83. The SMILES string of the molecule is C=C(C)COc1cccc(C(=O)N[C@H](C)c2cc(C)ccc2C)c1. The molecule has 0 fully saturated rings. The topological polar surface area (TPSA) is 38.3 Å². The van der Waals surface area contributed by atoms with E-state index in [4.69, 9.17) is 4.74 Å². The molecule has 0 aliphatic carbocycles. The molecule has 0 unspecified atom stereocenters. The van der Waals surface area contributed by atoms with E-state index >= 15 is 0 Å². The van der Waals surface area contributed by atoms with E-state index in [0.717, 1.165) is 11.1 Å². The zero-order valence-corrected chi connectivity index (χ0v) is 14.8. The first-order valence-electron chi connectivity index (χ1n) is 8.12. The Labute approximate surface area is 144 Å². The molecule has 3 nitrogen and oxygen atoms in total. The van der Waals surface area contributed by atoms with Gasteiger partial charge in [0.15, 0.2) is 0 Å². The second-order valence-corrected chi connectivity index (χ2v) is 6.33. The Hall–Kier alpha value is -2.55. The minimum atomic E-state index is -0.107. The maximum absolute atomic E-state index is 12.5. The summed E-state index contributed by atoms with van der Waals surface area (Å²) in [6.45, 7) is 12.3. The Bertz CT molecular complexity index is 749. The molecule has 1 amide bonds. The Kier molecular flexibility index (Phi) is 5.80. The maximum Gasteiger partial charge on any atom is 0.251 e. The van der Waals surface area contributed by atoms with Gasteiger partial charge in [-0.2, -0.15) is 0 Å². The molecule has 0 aliphatic heterocycles. The van der Waals surface area contributed by atoms with Crippen LogP contribution in [0.3, 0.4) is 0 Å². The number of carbonyl (C=O) groups is 1. The van der Waals surface area contributed by atoms with Gasteiger partial charge in [-0.1, -0.05) is 36.4 Å². The highest BCUT2D eigenvalue weighted by molar-refractivity contribution is 5.94. The second kappa shape index (κ2) is 7.82. The molecule has 0 aliphatic rings. The Balaban J connectivity index is 2.10. The van der Waals surface area contributed by atoms with Gasteiger partial charge in [-0.05, 0) is 62.6 Å². The van der Waals surface area contributed by atoms with E-state index in [2.05, 4.69) is 43.9 Å². The number of nitrogens with one attached hydrogen (secondary N) is 1. The first kappa shape index (κ1) is 17.8. The van der Waals surface area contributed by atoms with Crippen LogP contribution in [0.25, 0.3) is 0 Å². The number of rotatable bonds is 6. The lowest BCUT2D eigenvalue weighted by molar-refractivity contribution is 0.0939. The molecule has 3 heteroatoms. The van der Waals surface area contributed by atoms with Gasteiger partial charge in [0.1, 0.15) is 12.4 Å². The molecule has 1 atom stereocenters. The van der Waals surface area contributed by atoms with Crippen molar-refractivity contribution in [1.29, 1.82) is 0 Å². The molecule has 0 radical (unpaired) electrons. The molecule has 24 heavy (non-hydrogen) atoms. The summed E-state index contributed by atoms with van der Waals surface area (Å²) >= 11 is 0. The van der Waals surface area contributed by atoms with Gasteiger partial charge in [-0.25, -0.2) is 0 Å². The van der Waals surface area contributed by atoms with Crippen molar-refractivity contribution < 1.29 is 9.53 Å². The molecule has 2 aromatic rings. The van der Waals surface area contributed by atoms with E-state index < -0.39 is 0 Å². The zero-order valence-electron chi connectivity index (χ0n) is 14.8. The van der Waals surface area contributed by atoms with Gasteiger partial charge in [-0.15, -0.1) is 0 Å². The molecule has 0 aromatic heterocycles. The number of hydrogen-bond donors (Lipinski definition) is 1. The van der Waals surface area contributed by atoms with Crippen molar-refractivity contribution in [2.45, 2.75) is 33.7 Å². The molecular formula is C21H25NO2. The summed E-state index contributed by atoms with van der Waals surface area (Å²) < 4.78 is 5.60. The fraction of sp³-hybridized carbons (Fsp3) is 0.286. The normalized spacial score (nSPS) is 11.7. The van der Waals surface area contributed by atoms with Gasteiger partial charge in [0.05, 0.1) is 6.04 Å². The first-order valence-corrected chi connectivity index (χ1v) is 8.12. The summed E-state index contributed by atoms with van der Waals surface area (Å²) in [6.07, 6.45) is 0. The van der Waals surface area contributed by atoms with Crippen LogP contribution >= 0.6 is 0 Å². The second-order valence-electron chi connectivity index (χ2n) is 6.33. The highest BCUT2D eigenvalue weighted by Crippen LogP contribution is 2.20. The van der Waals surface area contributed by atoms with Crippen LogP contribution in [-0.4, -0.2) is 12.5 Å². The van der Waals surface area contributed by atoms with Crippen LogP contribution in [0.2, 0.25) is 0 Å². The molecule has 2 rings (SSSR count). The van der Waals surface area contributed by atoms with Gasteiger partial charge < -0.3 is 10.1 Å². The van der Waals surface area contributed by atoms with E-state index in [1.807, 2.05) is 26.0 Å². The van der Waals surface area contributed by atoms with Gasteiger partial charge in [0.25, 0.3) is 5.91 Å². The van der Waals surface area contributed by atoms with E-state index in [9.17, 15) is 4.79 Å². The number of aryl methyl sites for hydroxylation is 2. The zero-order chi connectivity index (χ0) is 17.7. The van der Waals surface area contributed by atoms with Gasteiger partial charge in [0, 0.05) is 5.56 Å². The van der Waals surface area contributed by atoms with E-state index in [-0.39, 0.29) is 11.9 Å². The van der Waals surface area contributed by atoms with Crippen molar-refractivity contribution >= 4 is 5.91 Å². The summed E-state index contributed by atoms with van der Waals surface area (Å²) in [7, 11) is 0. The summed E-state index contributed by atoms with van der Waals surface area (Å²) in [5.74, 6) is 0.564. The van der Waals surface area contributed by atoms with Gasteiger partial charge in [-0.3, -0.25) is 4.79 Å². The van der Waals surface area contributed by atoms with Crippen LogP contribution in [0.1, 0.15) is 46.9 Å². The van der Waals surface area contributed by atoms with Crippen molar-refractivity contribution in [2.24, 2.45) is 0 Å². The van der Waals surface area contributed by atoms with Crippen molar-refractivity contribution in [1.82, 2.24) is 5.32 Å². The number of ether oxygens (including phenoxy) is 1. The largest absolute Gasteiger partial charge is 0.489 e. The lowest BCUT2D eigenvalue weighted by Gasteiger charge is -2.17. The van der Waals surface area contributed by atoms with E-state index in [1.165, 1.54) is 11.1 Å². The summed E-state index contributed by atoms with van der Waals surface area (Å²) in [5.41, 5.74) is 5.02. The molecule has 0 saturated carbocycles. The fourth-order valence-electron chi connectivity index (χ4n) is 2.52. The van der Waals surface area contributed by atoms with Crippen LogP contribution in [0.5, 0.6) is 5.75 Å². The van der Waals surface area contributed by atoms with E-state index in [0.29, 0.717) is 17.9 Å². The Morgan fingerprint density at radius 1 is 1.21 bits per heavy atom. The molecule has 2 aromatic carbocycles. The Morgan fingerprint density at radius 2 is 1.96 bits per heavy atom. The number of amides is 1. The quantitative estimate of drug-likeness (QED) is 0.779. The van der Waals surface area contributed by atoms with Crippen LogP contribution in [0, 0.1) is 13.8 Å². The first-order chi connectivity index (χ1) is 11.4. The number of benzene rings is 2. The molecule has 0 spiro atoms. The van der Waals surface area contributed by atoms with Crippen molar-refractivity contribution in [3.05, 3.63) is 76.9 Å². The van der Waals surface area contributed by atoms with E-state index in [1.54, 1.807) is 12.1 Å². The molecule has 0 heterocycles. The highest BCUT2D eigenvalue weighted by Gasteiger charge is 2.14. The van der Waals surface area contributed by atoms with Gasteiger partial charge in [0.2, 0.25) is 0 Å². The third-order valence-corrected chi connectivity index (χ3v) is 3.83. The molecular weight excluding hydrogens is 298 g/mol. The number of hydrogen-bond acceptors (Lipinski definition) is 2. The fourth-order valence-corrected chi connectivity index (χ4v) is 2.52. The number of carbonyl (C=O) groups excluding carboxylic acids is 1. The lowest BCUT2D eigenvalue weighted by Crippen LogP contribution is -2.27. The van der Waals surface area contributed by atoms with Crippen LogP contribution < -0.4 is 10.1 Å². The summed E-state index contributed by atoms with van der Waals surface area (Å²) in [6, 6.07) is 13.4. The van der Waals surface area contributed by atoms with Crippen LogP contribution in [-0.2, 0) is 0 Å². The predicted octanol–water partition coefficient (Wildman–Crippen LogP) is 4.75. The van der Waals surface area contributed by atoms with Crippen molar-refractivity contribution in [3.8, 4) is 5.75 Å². The third kappa shape index (κ3) is 4.72. The predicted molar refractivity (Wildman–Crippen MR) is 98.5 cm³/mol. The molecule has 0 saturated heterocycles. The molecule has 1 N–H and O–H groups in total. The Morgan fingerprint density at radius 3 is 2.67 bits per heavy atom. The monoisotopic (exact) mass is 323 g/mol. The highest BCUT2D eigenvalue weighted by atomic mass is 16.5. The minimum absolute atomic E-state index is 0.0580. The lowest BCUT2D eigenvalue weighted by atomic mass is 9.99. The summed E-state index contributed by atoms with van der Waals surface area (Å²) in [4.78, 5) is 12.5. The van der Waals surface area contributed by atoms with Gasteiger partial charge >= 0.3 is 0 Å². The maximum atomic E-state index is 12.5. The van der Waals surface area contributed by atoms with Crippen molar-refractivity contribution in [2.75, 3.05) is 6.61 Å². The summed E-state index contributed by atoms with van der Waals surface area (Å²) in [5, 5.41) is 3.06. The average Bonchev–Trinajstić information content (AvgIpc) is 2.55. The van der Waals surface area contributed by atoms with Crippen LogP contribution in [0.4, 0.5) is 0 Å². The van der Waals surface area contributed by atoms with Crippen LogP contribution in [0.15, 0.2) is 54.6 Å². The molecule has 0 bridgehead atoms. The standard InChI is InChI=1S/C21H25NO2/c1-14(2)13-24-19-8-6-7-18(12-19)21(23)22-17(5)20-11-15(3)9-10-16(20)4/h6-12,17H,1,13H2,2-5H3,(H,22,23)/t17-/m1/s1. The minimum Gasteiger partial charge on any atom is -0.489 e. The van der Waals surface area contributed by atoms with Crippen molar-refractivity contribution in [3.63, 3.8) is 0 Å². The molecule has 126 valence electrons. The smallest absolute Gasteiger partial charge is 0.251 e.